The van der Waals surface area contributed by atoms with E-state index in [0.717, 1.165) is 21.1 Å². The van der Waals surface area contributed by atoms with Crippen LogP contribution in [-0.2, 0) is 4.74 Å². The Balaban J connectivity index is 1.81. The summed E-state index contributed by atoms with van der Waals surface area (Å²) in [6, 6.07) is 2.09. The molecule has 1 amide bonds. The Hall–Kier alpha value is -1.24. The number of carbonyl (C=O) groups excluding carboxylic acids is 1. The van der Waals surface area contributed by atoms with Crippen LogP contribution in [0.2, 0.25) is 0 Å². The van der Waals surface area contributed by atoms with Crippen LogP contribution in [0, 0.1) is 6.92 Å². The second-order valence-corrected chi connectivity index (χ2v) is 6.85. The summed E-state index contributed by atoms with van der Waals surface area (Å²) in [6.45, 7) is 5.92. The van der Waals surface area contributed by atoms with Gasteiger partial charge in [-0.25, -0.2) is 4.98 Å². The van der Waals surface area contributed by atoms with Crippen LogP contribution in [0.4, 0.5) is 0 Å². The van der Waals surface area contributed by atoms with Gasteiger partial charge in [0.1, 0.15) is 0 Å². The van der Waals surface area contributed by atoms with Crippen LogP contribution in [0.3, 0.4) is 0 Å². The molecule has 3 heterocycles. The second-order valence-electron chi connectivity index (χ2n) is 4.87. The minimum atomic E-state index is 0.0928. The number of amides is 1. The van der Waals surface area contributed by atoms with Gasteiger partial charge >= 0.3 is 0 Å². The Labute approximate surface area is 126 Å². The fourth-order valence-corrected chi connectivity index (χ4v) is 3.78. The van der Waals surface area contributed by atoms with E-state index in [9.17, 15) is 4.79 Å². The van der Waals surface area contributed by atoms with Gasteiger partial charge in [-0.2, -0.15) is 0 Å². The molecular formula is C14H16N2O2S2. The van der Waals surface area contributed by atoms with Crippen LogP contribution < -0.4 is 0 Å². The summed E-state index contributed by atoms with van der Waals surface area (Å²) in [4.78, 5) is 19.9. The highest BCUT2D eigenvalue weighted by molar-refractivity contribution is 7.14. The number of aromatic nitrogens is 1. The maximum atomic E-state index is 12.5. The van der Waals surface area contributed by atoms with E-state index in [-0.39, 0.29) is 11.9 Å². The van der Waals surface area contributed by atoms with Crippen molar-refractivity contribution in [1.29, 1.82) is 0 Å². The first kappa shape index (κ1) is 13.7. The molecule has 20 heavy (non-hydrogen) atoms. The first-order valence-corrected chi connectivity index (χ1v) is 8.31. The van der Waals surface area contributed by atoms with Crippen molar-refractivity contribution >= 4 is 28.6 Å². The molecule has 1 fully saturated rings. The Morgan fingerprint density at radius 2 is 2.30 bits per heavy atom. The number of aryl methyl sites for hydroxylation is 1. The molecule has 0 aromatic carbocycles. The third-order valence-electron chi connectivity index (χ3n) is 3.35. The van der Waals surface area contributed by atoms with Crippen LogP contribution in [0.15, 0.2) is 16.8 Å². The van der Waals surface area contributed by atoms with E-state index in [1.165, 1.54) is 0 Å². The number of nitrogens with zero attached hydrogens (tertiary/aromatic N) is 2. The summed E-state index contributed by atoms with van der Waals surface area (Å²) in [5.74, 6) is 0.0928. The number of thiazole rings is 1. The molecule has 0 unspecified atom stereocenters. The van der Waals surface area contributed by atoms with E-state index in [1.54, 1.807) is 22.7 Å². The molecule has 1 saturated heterocycles. The molecule has 0 saturated carbocycles. The summed E-state index contributed by atoms with van der Waals surface area (Å²) >= 11 is 3.20. The van der Waals surface area contributed by atoms with Crippen molar-refractivity contribution in [2.75, 3.05) is 19.8 Å². The number of thiophene rings is 1. The lowest BCUT2D eigenvalue weighted by atomic mass is 10.2. The first-order chi connectivity index (χ1) is 9.65. The third kappa shape index (κ3) is 2.63. The molecule has 4 nitrogen and oxygen atoms in total. The minimum absolute atomic E-state index is 0.0928. The fraction of sp³-hybridized carbons (Fsp3) is 0.429. The van der Waals surface area contributed by atoms with Crippen LogP contribution in [0.5, 0.6) is 0 Å². The second kappa shape index (κ2) is 5.63. The highest BCUT2D eigenvalue weighted by atomic mass is 32.1. The van der Waals surface area contributed by atoms with Gasteiger partial charge in [-0.3, -0.25) is 4.79 Å². The van der Waals surface area contributed by atoms with Crippen LogP contribution >= 0.6 is 22.7 Å². The van der Waals surface area contributed by atoms with Gasteiger partial charge in [-0.05, 0) is 19.9 Å². The number of carbonyl (C=O) groups is 1. The van der Waals surface area contributed by atoms with E-state index < -0.39 is 0 Å². The zero-order valence-electron chi connectivity index (χ0n) is 11.5. The molecule has 0 spiro atoms. The summed E-state index contributed by atoms with van der Waals surface area (Å²) in [5, 5.41) is 5.00. The van der Waals surface area contributed by atoms with Gasteiger partial charge in [0.05, 0.1) is 40.4 Å². The molecule has 3 rings (SSSR count). The molecule has 1 aliphatic heterocycles. The van der Waals surface area contributed by atoms with Crippen molar-refractivity contribution in [3.8, 4) is 10.6 Å². The fourth-order valence-electron chi connectivity index (χ4n) is 2.25. The van der Waals surface area contributed by atoms with Crippen molar-refractivity contribution in [2.24, 2.45) is 0 Å². The molecule has 1 atom stereocenters. The quantitative estimate of drug-likeness (QED) is 0.856. The topological polar surface area (TPSA) is 42.4 Å². The van der Waals surface area contributed by atoms with E-state index in [1.807, 2.05) is 35.6 Å². The molecule has 0 aliphatic carbocycles. The van der Waals surface area contributed by atoms with Crippen molar-refractivity contribution in [2.45, 2.75) is 19.9 Å². The summed E-state index contributed by atoms with van der Waals surface area (Å²) in [7, 11) is 0. The number of hydrogen-bond donors (Lipinski definition) is 0. The van der Waals surface area contributed by atoms with Crippen LogP contribution in [0.25, 0.3) is 10.6 Å². The van der Waals surface area contributed by atoms with Crippen molar-refractivity contribution < 1.29 is 9.53 Å². The maximum absolute atomic E-state index is 12.5. The Kier molecular flexibility index (Phi) is 3.87. The highest BCUT2D eigenvalue weighted by Gasteiger charge is 2.25. The van der Waals surface area contributed by atoms with E-state index >= 15 is 0 Å². The predicted molar refractivity (Wildman–Crippen MR) is 81.5 cm³/mol. The van der Waals surface area contributed by atoms with Crippen LogP contribution in [0.1, 0.15) is 22.3 Å². The average Bonchev–Trinajstić information content (AvgIpc) is 3.07. The number of ether oxygens (including phenoxy) is 1. The number of rotatable bonds is 2. The van der Waals surface area contributed by atoms with Gasteiger partial charge in [0.25, 0.3) is 5.91 Å². The van der Waals surface area contributed by atoms with Crippen molar-refractivity contribution in [3.05, 3.63) is 27.4 Å². The SMILES string of the molecule is Cc1nc(-c2cc(C(=O)N3CCOC[C@H]3C)cs2)cs1. The van der Waals surface area contributed by atoms with Gasteiger partial charge in [0, 0.05) is 17.3 Å². The Bertz CT molecular complexity index is 620. The summed E-state index contributed by atoms with van der Waals surface area (Å²) < 4.78 is 5.38. The van der Waals surface area contributed by atoms with Crippen molar-refractivity contribution in [1.82, 2.24) is 9.88 Å². The Morgan fingerprint density at radius 3 is 3.00 bits per heavy atom. The third-order valence-corrected chi connectivity index (χ3v) is 5.07. The molecule has 0 radical (unpaired) electrons. The minimum Gasteiger partial charge on any atom is -0.377 e. The maximum Gasteiger partial charge on any atom is 0.255 e. The van der Waals surface area contributed by atoms with E-state index in [2.05, 4.69) is 4.98 Å². The average molecular weight is 308 g/mol. The zero-order valence-corrected chi connectivity index (χ0v) is 13.1. The zero-order chi connectivity index (χ0) is 14.1. The van der Waals surface area contributed by atoms with Gasteiger partial charge in [0.15, 0.2) is 0 Å². The summed E-state index contributed by atoms with van der Waals surface area (Å²) in [6.07, 6.45) is 0. The van der Waals surface area contributed by atoms with Gasteiger partial charge < -0.3 is 9.64 Å². The van der Waals surface area contributed by atoms with Crippen LogP contribution in [-0.4, -0.2) is 41.6 Å². The molecule has 0 N–H and O–H groups in total. The molecule has 0 bridgehead atoms. The lowest BCUT2D eigenvalue weighted by Crippen LogP contribution is -2.46. The standard InChI is InChI=1S/C14H16N2O2S2/c1-9-6-18-4-3-16(9)14(17)11-5-13(20-7-11)12-8-19-10(2)15-12/h5,7-9H,3-4,6H2,1-2H3/t9-/m1/s1. The highest BCUT2D eigenvalue weighted by Crippen LogP contribution is 2.29. The number of morpholine rings is 1. The van der Waals surface area contributed by atoms with Gasteiger partial charge in [-0.15, -0.1) is 22.7 Å². The lowest BCUT2D eigenvalue weighted by molar-refractivity contribution is 0.00363. The first-order valence-electron chi connectivity index (χ1n) is 6.55. The molecular weight excluding hydrogens is 292 g/mol. The predicted octanol–water partition coefficient (Wildman–Crippen LogP) is 3.04. The van der Waals surface area contributed by atoms with Crippen molar-refractivity contribution in [3.63, 3.8) is 0 Å². The van der Waals surface area contributed by atoms with Gasteiger partial charge in [0.2, 0.25) is 0 Å². The molecule has 106 valence electrons. The van der Waals surface area contributed by atoms with E-state index in [4.69, 9.17) is 4.74 Å². The normalized spacial score (nSPS) is 19.3. The monoisotopic (exact) mass is 308 g/mol. The molecule has 2 aromatic heterocycles. The smallest absolute Gasteiger partial charge is 0.255 e. The number of hydrogen-bond acceptors (Lipinski definition) is 5. The lowest BCUT2D eigenvalue weighted by Gasteiger charge is -2.33. The largest absolute Gasteiger partial charge is 0.377 e. The Morgan fingerprint density at radius 1 is 1.45 bits per heavy atom. The van der Waals surface area contributed by atoms with E-state index in [0.29, 0.717) is 19.8 Å². The molecule has 6 heteroatoms. The molecule has 2 aromatic rings. The van der Waals surface area contributed by atoms with Gasteiger partial charge in [-0.1, -0.05) is 0 Å². The summed E-state index contributed by atoms with van der Waals surface area (Å²) in [5.41, 5.74) is 1.72. The molecule has 1 aliphatic rings.